The smallest absolute Gasteiger partial charge is 0.286 e. The largest absolute Gasteiger partial charge is 0.456 e. The van der Waals surface area contributed by atoms with Crippen molar-refractivity contribution in [1.82, 2.24) is 5.32 Å². The van der Waals surface area contributed by atoms with E-state index in [1.54, 1.807) is 19.1 Å². The number of hydrogen-bond acceptors (Lipinski definition) is 4. The second kappa shape index (κ2) is 6.30. The van der Waals surface area contributed by atoms with Crippen LogP contribution in [-0.4, -0.2) is 37.4 Å². The molecule has 5 nitrogen and oxygen atoms in total. The zero-order chi connectivity index (χ0) is 12.0. The summed E-state index contributed by atoms with van der Waals surface area (Å²) < 4.78 is 9.92. The summed E-state index contributed by atoms with van der Waals surface area (Å²) in [7, 11) is 1.52. The molecule has 1 aromatic heterocycles. The Labute approximate surface area is 94.4 Å². The summed E-state index contributed by atoms with van der Waals surface area (Å²) in [6.07, 6.45) is -0.0946. The van der Waals surface area contributed by atoms with Gasteiger partial charge in [-0.05, 0) is 25.5 Å². The van der Waals surface area contributed by atoms with Gasteiger partial charge in [-0.25, -0.2) is 0 Å². The maximum atomic E-state index is 11.5. The molecule has 0 aliphatic rings. The van der Waals surface area contributed by atoms with Gasteiger partial charge in [0.2, 0.25) is 0 Å². The number of aliphatic hydroxyl groups is 1. The summed E-state index contributed by atoms with van der Waals surface area (Å²) in [5.41, 5.74) is 0. The van der Waals surface area contributed by atoms with E-state index in [1.807, 2.05) is 0 Å². The van der Waals surface area contributed by atoms with Gasteiger partial charge in [-0.2, -0.15) is 0 Å². The third-order valence-corrected chi connectivity index (χ3v) is 2.09. The van der Waals surface area contributed by atoms with Crippen molar-refractivity contribution >= 4 is 5.91 Å². The van der Waals surface area contributed by atoms with Crippen molar-refractivity contribution in [2.75, 3.05) is 20.3 Å². The summed E-state index contributed by atoms with van der Waals surface area (Å²) in [5.74, 6) is 0.723. The van der Waals surface area contributed by atoms with Crippen LogP contribution in [0, 0.1) is 6.92 Å². The number of aryl methyl sites for hydroxylation is 1. The number of furan rings is 1. The van der Waals surface area contributed by atoms with E-state index in [-0.39, 0.29) is 12.5 Å². The number of aliphatic hydroxyl groups excluding tert-OH is 1. The van der Waals surface area contributed by atoms with Crippen LogP contribution in [0.3, 0.4) is 0 Å². The van der Waals surface area contributed by atoms with Gasteiger partial charge in [0, 0.05) is 13.7 Å². The van der Waals surface area contributed by atoms with Crippen LogP contribution in [0.2, 0.25) is 0 Å². The SMILES string of the molecule is COCC(O)CCNC(=O)c1ccc(C)o1. The van der Waals surface area contributed by atoms with Gasteiger partial charge < -0.3 is 19.6 Å². The molecule has 0 aliphatic carbocycles. The molecule has 0 fully saturated rings. The molecule has 1 amide bonds. The molecule has 0 spiro atoms. The molecule has 1 unspecified atom stereocenters. The van der Waals surface area contributed by atoms with Crippen LogP contribution in [0.1, 0.15) is 22.7 Å². The van der Waals surface area contributed by atoms with Crippen molar-refractivity contribution in [2.24, 2.45) is 0 Å². The fourth-order valence-corrected chi connectivity index (χ4v) is 1.27. The first-order valence-electron chi connectivity index (χ1n) is 5.15. The first-order valence-corrected chi connectivity index (χ1v) is 5.15. The first-order chi connectivity index (χ1) is 7.63. The van der Waals surface area contributed by atoms with Crippen LogP contribution >= 0.6 is 0 Å². The van der Waals surface area contributed by atoms with Crippen LogP contribution in [-0.2, 0) is 4.74 Å². The summed E-state index contributed by atoms with van der Waals surface area (Å²) in [5, 5.41) is 12.0. The lowest BCUT2D eigenvalue weighted by Crippen LogP contribution is -2.28. The highest BCUT2D eigenvalue weighted by Gasteiger charge is 2.10. The molecule has 0 aliphatic heterocycles. The minimum absolute atomic E-state index is 0.266. The molecule has 0 bridgehead atoms. The second-order valence-corrected chi connectivity index (χ2v) is 3.56. The van der Waals surface area contributed by atoms with Crippen LogP contribution in [0.4, 0.5) is 0 Å². The van der Waals surface area contributed by atoms with E-state index in [1.165, 1.54) is 7.11 Å². The van der Waals surface area contributed by atoms with Crippen molar-refractivity contribution < 1.29 is 19.1 Å². The van der Waals surface area contributed by atoms with Crippen molar-refractivity contribution in [1.29, 1.82) is 0 Å². The predicted molar refractivity (Wildman–Crippen MR) is 58.3 cm³/mol. The lowest BCUT2D eigenvalue weighted by Gasteiger charge is -2.09. The summed E-state index contributed by atoms with van der Waals surface area (Å²) >= 11 is 0. The summed E-state index contributed by atoms with van der Waals surface area (Å²) in [6.45, 7) is 2.44. The molecular formula is C11H17NO4. The number of ether oxygens (including phenoxy) is 1. The number of methoxy groups -OCH3 is 1. The average molecular weight is 227 g/mol. The highest BCUT2D eigenvalue weighted by molar-refractivity contribution is 5.91. The van der Waals surface area contributed by atoms with Crippen LogP contribution in [0.15, 0.2) is 16.5 Å². The van der Waals surface area contributed by atoms with Gasteiger partial charge in [-0.3, -0.25) is 4.79 Å². The number of nitrogens with one attached hydrogen (secondary N) is 1. The third-order valence-electron chi connectivity index (χ3n) is 2.09. The van der Waals surface area contributed by atoms with Crippen LogP contribution in [0.5, 0.6) is 0 Å². The molecular weight excluding hydrogens is 210 g/mol. The lowest BCUT2D eigenvalue weighted by molar-refractivity contribution is 0.0586. The molecule has 5 heteroatoms. The van der Waals surface area contributed by atoms with Gasteiger partial charge >= 0.3 is 0 Å². The quantitative estimate of drug-likeness (QED) is 0.751. The number of carbonyl (C=O) groups is 1. The Hall–Kier alpha value is -1.33. The van der Waals surface area contributed by atoms with Gasteiger partial charge in [0.15, 0.2) is 5.76 Å². The average Bonchev–Trinajstić information content (AvgIpc) is 2.65. The van der Waals surface area contributed by atoms with Crippen LogP contribution < -0.4 is 5.32 Å². The molecule has 1 aromatic rings. The Balaban J connectivity index is 2.25. The van der Waals surface area contributed by atoms with Crippen molar-refractivity contribution in [3.63, 3.8) is 0 Å². The van der Waals surface area contributed by atoms with E-state index < -0.39 is 6.10 Å². The van der Waals surface area contributed by atoms with Gasteiger partial charge in [0.25, 0.3) is 5.91 Å². The molecule has 0 saturated carbocycles. The zero-order valence-electron chi connectivity index (χ0n) is 9.53. The minimum Gasteiger partial charge on any atom is -0.456 e. The molecule has 2 N–H and O–H groups in total. The van der Waals surface area contributed by atoms with E-state index in [0.29, 0.717) is 24.5 Å². The monoisotopic (exact) mass is 227 g/mol. The molecule has 0 radical (unpaired) electrons. The normalized spacial score (nSPS) is 12.4. The minimum atomic E-state index is -0.552. The van der Waals surface area contributed by atoms with Crippen molar-refractivity contribution in [3.8, 4) is 0 Å². The Morgan fingerprint density at radius 1 is 1.62 bits per heavy atom. The summed E-state index contributed by atoms with van der Waals surface area (Å²) in [6, 6.07) is 3.35. The highest BCUT2D eigenvalue weighted by atomic mass is 16.5. The van der Waals surface area contributed by atoms with Gasteiger partial charge in [0.1, 0.15) is 5.76 Å². The number of amides is 1. The van der Waals surface area contributed by atoms with Gasteiger partial charge in [0.05, 0.1) is 12.7 Å². The molecule has 90 valence electrons. The molecule has 1 heterocycles. The number of carbonyl (C=O) groups excluding carboxylic acids is 1. The van der Waals surface area contributed by atoms with Crippen molar-refractivity contribution in [3.05, 3.63) is 23.7 Å². The number of rotatable bonds is 6. The Morgan fingerprint density at radius 2 is 2.38 bits per heavy atom. The number of hydrogen-bond donors (Lipinski definition) is 2. The zero-order valence-corrected chi connectivity index (χ0v) is 9.53. The molecule has 1 rings (SSSR count). The van der Waals surface area contributed by atoms with E-state index >= 15 is 0 Å². The lowest BCUT2D eigenvalue weighted by atomic mass is 10.2. The van der Waals surface area contributed by atoms with Gasteiger partial charge in [-0.1, -0.05) is 0 Å². The van der Waals surface area contributed by atoms with E-state index in [2.05, 4.69) is 5.32 Å². The molecule has 0 aromatic carbocycles. The molecule has 16 heavy (non-hydrogen) atoms. The fourth-order valence-electron chi connectivity index (χ4n) is 1.27. The van der Waals surface area contributed by atoms with E-state index in [4.69, 9.17) is 9.15 Å². The van der Waals surface area contributed by atoms with Gasteiger partial charge in [-0.15, -0.1) is 0 Å². The van der Waals surface area contributed by atoms with E-state index in [0.717, 1.165) is 0 Å². The Morgan fingerprint density at radius 3 is 2.94 bits per heavy atom. The predicted octanol–water partition coefficient (Wildman–Crippen LogP) is 0.715. The Bertz CT molecular complexity index is 334. The second-order valence-electron chi connectivity index (χ2n) is 3.56. The molecule has 0 saturated heterocycles. The maximum absolute atomic E-state index is 11.5. The first kappa shape index (κ1) is 12.7. The maximum Gasteiger partial charge on any atom is 0.286 e. The topological polar surface area (TPSA) is 71.7 Å². The van der Waals surface area contributed by atoms with Crippen LogP contribution in [0.25, 0.3) is 0 Å². The van der Waals surface area contributed by atoms with E-state index in [9.17, 15) is 9.90 Å². The molecule has 1 atom stereocenters. The summed E-state index contributed by atoms with van der Waals surface area (Å²) in [4.78, 5) is 11.5. The third kappa shape index (κ3) is 4.04. The highest BCUT2D eigenvalue weighted by Crippen LogP contribution is 2.05. The standard InChI is InChI=1S/C11H17NO4/c1-8-3-4-10(16-8)11(14)12-6-5-9(13)7-15-2/h3-4,9,13H,5-7H2,1-2H3,(H,12,14). The van der Waals surface area contributed by atoms with Crippen molar-refractivity contribution in [2.45, 2.75) is 19.4 Å². The fraction of sp³-hybridized carbons (Fsp3) is 0.545. The Kier molecular flexibility index (Phi) is 5.01.